The quantitative estimate of drug-likeness (QED) is 0.288. The number of fused-ring (bicyclic) bond motifs is 1. The van der Waals surface area contributed by atoms with Gasteiger partial charge in [-0.05, 0) is 96.1 Å². The highest BCUT2D eigenvalue weighted by molar-refractivity contribution is 6.71. The number of ether oxygens (including phenoxy) is 1. The Balaban J connectivity index is 2.16. The van der Waals surface area contributed by atoms with Gasteiger partial charge in [-0.3, -0.25) is 0 Å². The van der Waals surface area contributed by atoms with E-state index < -0.39 is 33.3 Å². The molecule has 0 unspecified atom stereocenters. The van der Waals surface area contributed by atoms with Gasteiger partial charge in [0.1, 0.15) is 24.4 Å². The number of nitrogens with zero attached hydrogens (tertiary/aromatic N) is 1. The maximum Gasteiger partial charge on any atom is 0.184 e. The van der Waals surface area contributed by atoms with Crippen molar-refractivity contribution in [3.05, 3.63) is 36.5 Å². The molecule has 1 aliphatic heterocycles. The molecular weight excluding hydrogens is 519 g/mol. The molecule has 0 aliphatic carbocycles. The molecule has 204 valence electrons. The standard InChI is InChI=1S/C26H49NO5Si4/c1-33(2,3)28-19-22-23(30-34(4,5)6)24(31-35(7,8)9)25(32-36(10,11)12)26(29-22)27-18-17-20-15-13-14-16-21(20)27/h13-18,22-26H,19H2,1-12H3/t22-,23-,24+,25-,26-/m1/s1. The maximum absolute atomic E-state index is 6.99. The van der Waals surface area contributed by atoms with Crippen molar-refractivity contribution in [2.24, 2.45) is 0 Å². The van der Waals surface area contributed by atoms with Crippen LogP contribution in [0.5, 0.6) is 0 Å². The zero-order chi connectivity index (χ0) is 27.1. The number of hydrogen-bond donors (Lipinski definition) is 0. The van der Waals surface area contributed by atoms with Crippen LogP contribution < -0.4 is 0 Å². The predicted octanol–water partition coefficient (Wildman–Crippen LogP) is 7.05. The van der Waals surface area contributed by atoms with Crippen LogP contribution in [0.2, 0.25) is 78.6 Å². The molecule has 0 N–H and O–H groups in total. The molecule has 0 amide bonds. The number of rotatable bonds is 10. The Labute approximate surface area is 223 Å². The van der Waals surface area contributed by atoms with E-state index in [1.807, 2.05) is 0 Å². The molecular formula is C26H49NO5Si4. The van der Waals surface area contributed by atoms with Gasteiger partial charge >= 0.3 is 0 Å². The number of aromatic nitrogens is 1. The minimum atomic E-state index is -1.97. The van der Waals surface area contributed by atoms with E-state index in [-0.39, 0.29) is 30.6 Å². The van der Waals surface area contributed by atoms with Crippen molar-refractivity contribution >= 4 is 44.2 Å². The summed E-state index contributed by atoms with van der Waals surface area (Å²) in [4.78, 5) is 0. The number of para-hydroxylation sites is 1. The second kappa shape index (κ2) is 10.9. The van der Waals surface area contributed by atoms with Gasteiger partial charge in [0.2, 0.25) is 0 Å². The van der Waals surface area contributed by atoms with Gasteiger partial charge < -0.3 is 27.0 Å². The molecule has 1 saturated heterocycles. The van der Waals surface area contributed by atoms with E-state index >= 15 is 0 Å². The van der Waals surface area contributed by atoms with E-state index in [1.165, 1.54) is 5.39 Å². The second-order valence-corrected chi connectivity index (χ2v) is 31.7. The molecule has 0 bridgehead atoms. The van der Waals surface area contributed by atoms with Crippen molar-refractivity contribution in [3.63, 3.8) is 0 Å². The molecule has 2 aromatic rings. The predicted molar refractivity (Wildman–Crippen MR) is 160 cm³/mol. The van der Waals surface area contributed by atoms with E-state index in [0.717, 1.165) is 5.52 Å². The van der Waals surface area contributed by atoms with E-state index in [9.17, 15) is 0 Å². The lowest BCUT2D eigenvalue weighted by atomic mass is 9.98. The van der Waals surface area contributed by atoms with Crippen LogP contribution in [-0.2, 0) is 22.4 Å². The molecule has 3 rings (SSSR count). The van der Waals surface area contributed by atoms with Gasteiger partial charge in [0, 0.05) is 6.20 Å². The van der Waals surface area contributed by atoms with Crippen molar-refractivity contribution in [1.82, 2.24) is 4.57 Å². The molecule has 0 saturated carbocycles. The van der Waals surface area contributed by atoms with Gasteiger partial charge in [0.05, 0.1) is 12.1 Å². The zero-order valence-electron chi connectivity index (χ0n) is 24.5. The van der Waals surface area contributed by atoms with E-state index in [2.05, 4.69) is 120 Å². The van der Waals surface area contributed by atoms with Crippen LogP contribution in [0.3, 0.4) is 0 Å². The SMILES string of the molecule is C[Si](C)(C)OC[C@H]1O[C@@H](n2ccc3ccccc32)[C@H](O[Si](C)(C)C)[C@@H](O[Si](C)(C)C)[C@@H]1O[Si](C)(C)C. The molecule has 0 radical (unpaired) electrons. The molecule has 2 heterocycles. The third kappa shape index (κ3) is 8.47. The van der Waals surface area contributed by atoms with Crippen LogP contribution in [0.25, 0.3) is 10.9 Å². The molecule has 1 aromatic carbocycles. The first kappa shape index (κ1) is 30.0. The number of benzene rings is 1. The monoisotopic (exact) mass is 567 g/mol. The van der Waals surface area contributed by atoms with Gasteiger partial charge in [-0.25, -0.2) is 0 Å². The molecule has 1 fully saturated rings. The van der Waals surface area contributed by atoms with Crippen molar-refractivity contribution in [2.45, 2.75) is 109 Å². The molecule has 1 aromatic heterocycles. The second-order valence-electron chi connectivity index (χ2n) is 13.9. The lowest BCUT2D eigenvalue weighted by molar-refractivity contribution is -0.236. The lowest BCUT2D eigenvalue weighted by Crippen LogP contribution is -2.64. The summed E-state index contributed by atoms with van der Waals surface area (Å²) in [6.07, 6.45) is 0.748. The maximum atomic E-state index is 6.99. The van der Waals surface area contributed by atoms with Gasteiger partial charge in [-0.1, -0.05) is 18.2 Å². The number of hydrogen-bond acceptors (Lipinski definition) is 5. The van der Waals surface area contributed by atoms with Crippen molar-refractivity contribution < 1.29 is 22.4 Å². The summed E-state index contributed by atoms with van der Waals surface area (Å²) in [5.74, 6) is 0. The van der Waals surface area contributed by atoms with E-state index in [0.29, 0.717) is 6.61 Å². The Hall–Kier alpha value is -0.572. The Kier molecular flexibility index (Phi) is 9.07. The van der Waals surface area contributed by atoms with Gasteiger partial charge in [-0.15, -0.1) is 0 Å². The molecule has 36 heavy (non-hydrogen) atoms. The minimum Gasteiger partial charge on any atom is -0.415 e. The fraction of sp³-hybridized carbons (Fsp3) is 0.692. The summed E-state index contributed by atoms with van der Waals surface area (Å²) in [5, 5.41) is 1.19. The summed E-state index contributed by atoms with van der Waals surface area (Å²) in [7, 11) is -7.64. The highest BCUT2D eigenvalue weighted by atomic mass is 28.4. The molecule has 5 atom stereocenters. The smallest absolute Gasteiger partial charge is 0.184 e. The first-order valence-corrected chi connectivity index (χ1v) is 26.8. The molecule has 1 aliphatic rings. The van der Waals surface area contributed by atoms with Crippen molar-refractivity contribution in [3.8, 4) is 0 Å². The van der Waals surface area contributed by atoms with Crippen LogP contribution in [0.15, 0.2) is 36.5 Å². The normalized spacial score (nSPS) is 26.5. The molecule has 10 heteroatoms. The summed E-state index contributed by atoms with van der Waals surface area (Å²) >= 11 is 0. The third-order valence-corrected chi connectivity index (χ3v) is 9.63. The zero-order valence-corrected chi connectivity index (χ0v) is 28.5. The first-order valence-electron chi connectivity index (χ1n) is 13.2. The highest BCUT2D eigenvalue weighted by Gasteiger charge is 2.52. The van der Waals surface area contributed by atoms with Gasteiger partial charge in [0.15, 0.2) is 39.5 Å². The van der Waals surface area contributed by atoms with E-state index in [1.54, 1.807) is 0 Å². The Morgan fingerprint density at radius 1 is 0.667 bits per heavy atom. The minimum absolute atomic E-state index is 0.245. The average Bonchev–Trinajstić information content (AvgIpc) is 3.10. The Morgan fingerprint density at radius 3 is 1.75 bits per heavy atom. The topological polar surface area (TPSA) is 51.1 Å². The fourth-order valence-electron chi connectivity index (χ4n) is 4.54. The van der Waals surface area contributed by atoms with Gasteiger partial charge in [-0.2, -0.15) is 0 Å². The summed E-state index contributed by atoms with van der Waals surface area (Å²) in [6, 6.07) is 10.6. The van der Waals surface area contributed by atoms with Crippen LogP contribution in [0.1, 0.15) is 6.23 Å². The summed E-state index contributed by atoms with van der Waals surface area (Å²) in [5.41, 5.74) is 1.13. The third-order valence-electron chi connectivity index (χ3n) is 5.66. The van der Waals surface area contributed by atoms with Crippen LogP contribution in [-0.4, -0.2) is 68.9 Å². The summed E-state index contributed by atoms with van der Waals surface area (Å²) < 4.78 is 36.5. The summed E-state index contributed by atoms with van der Waals surface area (Å²) in [6.45, 7) is 27.3. The van der Waals surface area contributed by atoms with Gasteiger partial charge in [0.25, 0.3) is 0 Å². The van der Waals surface area contributed by atoms with E-state index in [4.69, 9.17) is 22.4 Å². The Bertz CT molecular complexity index is 1000. The molecule has 0 spiro atoms. The van der Waals surface area contributed by atoms with Crippen LogP contribution in [0, 0.1) is 0 Å². The molecule has 6 nitrogen and oxygen atoms in total. The van der Waals surface area contributed by atoms with Crippen molar-refractivity contribution in [2.75, 3.05) is 6.61 Å². The fourth-order valence-corrected chi connectivity index (χ4v) is 8.46. The van der Waals surface area contributed by atoms with Crippen LogP contribution >= 0.6 is 0 Å². The first-order chi connectivity index (χ1) is 16.3. The average molecular weight is 568 g/mol. The largest absolute Gasteiger partial charge is 0.415 e. The highest BCUT2D eigenvalue weighted by Crippen LogP contribution is 2.39. The van der Waals surface area contributed by atoms with Crippen LogP contribution in [0.4, 0.5) is 0 Å². The van der Waals surface area contributed by atoms with Crippen molar-refractivity contribution in [1.29, 1.82) is 0 Å². The lowest BCUT2D eigenvalue weighted by Gasteiger charge is -2.51. The Morgan fingerprint density at radius 2 is 1.19 bits per heavy atom.